The normalized spacial score (nSPS) is 19.7. The molecular formula is C22H24N4O2. The minimum absolute atomic E-state index is 0.0593. The fraction of sp³-hybridized carbons (Fsp3) is 0.409. The van der Waals surface area contributed by atoms with E-state index in [9.17, 15) is 4.79 Å². The number of imidazole rings is 1. The van der Waals surface area contributed by atoms with Gasteiger partial charge in [0.2, 0.25) is 0 Å². The van der Waals surface area contributed by atoms with Crippen LogP contribution in [0.15, 0.2) is 53.3 Å². The van der Waals surface area contributed by atoms with E-state index >= 15 is 0 Å². The predicted octanol–water partition coefficient (Wildman–Crippen LogP) is 3.97. The average Bonchev–Trinajstić information content (AvgIpc) is 3.23. The minimum Gasteiger partial charge on any atom is -0.355 e. The van der Waals surface area contributed by atoms with Crippen LogP contribution in [-0.2, 0) is 6.54 Å². The third kappa shape index (κ3) is 3.46. The van der Waals surface area contributed by atoms with Gasteiger partial charge in [-0.1, -0.05) is 35.5 Å². The lowest BCUT2D eigenvalue weighted by atomic mass is 9.96. The molecule has 2 aromatic heterocycles. The van der Waals surface area contributed by atoms with E-state index in [2.05, 4.69) is 20.9 Å². The highest BCUT2D eigenvalue weighted by Gasteiger charge is 2.30. The zero-order valence-electron chi connectivity index (χ0n) is 15.8. The maximum atomic E-state index is 13.0. The SMILES string of the molecule is O=C(c1cc(-c2ccccc2)on1)N1CCC[C@@H](c2nccn2CC2CC2)C1. The number of nitrogens with zero attached hydrogens (tertiary/aromatic N) is 4. The van der Waals surface area contributed by atoms with Crippen LogP contribution in [0.1, 0.15) is 47.9 Å². The van der Waals surface area contributed by atoms with Crippen LogP contribution in [0.3, 0.4) is 0 Å². The van der Waals surface area contributed by atoms with Gasteiger partial charge in [-0.3, -0.25) is 4.79 Å². The number of piperidine rings is 1. The molecule has 1 aliphatic carbocycles. The van der Waals surface area contributed by atoms with Gasteiger partial charge in [-0.2, -0.15) is 0 Å². The summed E-state index contributed by atoms with van der Waals surface area (Å²) >= 11 is 0. The summed E-state index contributed by atoms with van der Waals surface area (Å²) in [5, 5.41) is 4.03. The van der Waals surface area contributed by atoms with Crippen LogP contribution in [0.5, 0.6) is 0 Å². The van der Waals surface area contributed by atoms with Crippen molar-refractivity contribution in [3.63, 3.8) is 0 Å². The van der Waals surface area contributed by atoms with Crippen molar-refractivity contribution in [2.75, 3.05) is 13.1 Å². The van der Waals surface area contributed by atoms with Crippen LogP contribution in [0.25, 0.3) is 11.3 Å². The van der Waals surface area contributed by atoms with E-state index in [1.807, 2.05) is 41.4 Å². The number of hydrogen-bond acceptors (Lipinski definition) is 4. The Labute approximate surface area is 164 Å². The molecule has 0 bridgehead atoms. The number of carbonyl (C=O) groups excluding carboxylic acids is 1. The van der Waals surface area contributed by atoms with Crippen LogP contribution in [0.2, 0.25) is 0 Å². The Hall–Kier alpha value is -2.89. The van der Waals surface area contributed by atoms with E-state index < -0.39 is 0 Å². The van der Waals surface area contributed by atoms with Crippen LogP contribution in [-0.4, -0.2) is 38.6 Å². The number of carbonyl (C=O) groups is 1. The molecule has 6 heteroatoms. The van der Waals surface area contributed by atoms with Crippen molar-refractivity contribution in [3.05, 3.63) is 60.3 Å². The highest BCUT2D eigenvalue weighted by Crippen LogP contribution is 2.33. The zero-order valence-corrected chi connectivity index (χ0v) is 15.8. The zero-order chi connectivity index (χ0) is 18.9. The molecule has 2 aliphatic rings. The second kappa shape index (κ2) is 7.26. The van der Waals surface area contributed by atoms with Crippen LogP contribution >= 0.6 is 0 Å². The molecule has 0 radical (unpaired) electrons. The minimum atomic E-state index is -0.0593. The summed E-state index contributed by atoms with van der Waals surface area (Å²) in [6, 6.07) is 11.5. The molecule has 1 aliphatic heterocycles. The van der Waals surface area contributed by atoms with Gasteiger partial charge in [0, 0.05) is 49.6 Å². The van der Waals surface area contributed by atoms with Gasteiger partial charge in [0.15, 0.2) is 11.5 Å². The summed E-state index contributed by atoms with van der Waals surface area (Å²) in [5.41, 5.74) is 1.30. The summed E-state index contributed by atoms with van der Waals surface area (Å²) in [4.78, 5) is 19.5. The summed E-state index contributed by atoms with van der Waals surface area (Å²) in [6.07, 6.45) is 8.67. The average molecular weight is 376 g/mol. The van der Waals surface area contributed by atoms with Gasteiger partial charge < -0.3 is 14.0 Å². The highest BCUT2D eigenvalue weighted by molar-refractivity contribution is 5.93. The molecule has 0 spiro atoms. The van der Waals surface area contributed by atoms with Crippen molar-refractivity contribution in [1.29, 1.82) is 0 Å². The van der Waals surface area contributed by atoms with E-state index in [4.69, 9.17) is 4.52 Å². The fourth-order valence-electron chi connectivity index (χ4n) is 4.06. The summed E-state index contributed by atoms with van der Waals surface area (Å²) in [7, 11) is 0. The van der Waals surface area contributed by atoms with Crippen LogP contribution in [0, 0.1) is 5.92 Å². The first kappa shape index (κ1) is 17.2. The molecule has 5 rings (SSSR count). The number of aromatic nitrogens is 3. The molecule has 28 heavy (non-hydrogen) atoms. The first-order chi connectivity index (χ1) is 13.8. The smallest absolute Gasteiger partial charge is 0.276 e. The van der Waals surface area contributed by atoms with Gasteiger partial charge in [-0.05, 0) is 31.6 Å². The first-order valence-corrected chi connectivity index (χ1v) is 10.1. The number of benzene rings is 1. The molecule has 1 aromatic carbocycles. The van der Waals surface area contributed by atoms with Crippen molar-refractivity contribution in [3.8, 4) is 11.3 Å². The maximum Gasteiger partial charge on any atom is 0.276 e. The Morgan fingerprint density at radius 3 is 2.86 bits per heavy atom. The van der Waals surface area contributed by atoms with Crippen molar-refractivity contribution < 1.29 is 9.32 Å². The van der Waals surface area contributed by atoms with E-state index in [0.717, 1.165) is 43.2 Å². The molecule has 144 valence electrons. The van der Waals surface area contributed by atoms with Gasteiger partial charge in [0.05, 0.1) is 0 Å². The molecule has 1 saturated heterocycles. The third-order valence-corrected chi connectivity index (χ3v) is 5.76. The van der Waals surface area contributed by atoms with Crippen molar-refractivity contribution in [2.45, 2.75) is 38.1 Å². The second-order valence-corrected chi connectivity index (χ2v) is 7.91. The van der Waals surface area contributed by atoms with Gasteiger partial charge >= 0.3 is 0 Å². The number of amides is 1. The second-order valence-electron chi connectivity index (χ2n) is 7.91. The summed E-state index contributed by atoms with van der Waals surface area (Å²) < 4.78 is 7.71. The van der Waals surface area contributed by atoms with Crippen LogP contribution in [0.4, 0.5) is 0 Å². The lowest BCUT2D eigenvalue weighted by Crippen LogP contribution is -2.40. The largest absolute Gasteiger partial charge is 0.355 e. The predicted molar refractivity (Wildman–Crippen MR) is 105 cm³/mol. The molecule has 3 heterocycles. The van der Waals surface area contributed by atoms with E-state index in [1.165, 1.54) is 12.8 Å². The van der Waals surface area contributed by atoms with E-state index in [-0.39, 0.29) is 11.8 Å². The highest BCUT2D eigenvalue weighted by atomic mass is 16.5. The number of likely N-dealkylation sites (tertiary alicyclic amines) is 1. The molecular weight excluding hydrogens is 352 g/mol. The molecule has 0 unspecified atom stereocenters. The molecule has 6 nitrogen and oxygen atoms in total. The molecule has 1 amide bonds. The molecule has 3 aromatic rings. The van der Waals surface area contributed by atoms with Crippen molar-refractivity contribution in [1.82, 2.24) is 19.6 Å². The molecule has 2 fully saturated rings. The van der Waals surface area contributed by atoms with E-state index in [1.54, 1.807) is 6.07 Å². The van der Waals surface area contributed by atoms with Gasteiger partial charge in [-0.15, -0.1) is 0 Å². The van der Waals surface area contributed by atoms with Gasteiger partial charge in [0.1, 0.15) is 5.82 Å². The Kier molecular flexibility index (Phi) is 4.47. The Balaban J connectivity index is 1.30. The first-order valence-electron chi connectivity index (χ1n) is 10.1. The standard InChI is InChI=1S/C22H24N4O2/c27-22(19-13-20(28-24-19)17-5-2-1-3-6-17)26-11-4-7-18(15-26)21-23-10-12-25(21)14-16-8-9-16/h1-3,5-6,10,12-13,16,18H,4,7-9,11,14-15H2/t18-/m1/s1. The number of hydrogen-bond donors (Lipinski definition) is 0. The fourth-order valence-corrected chi connectivity index (χ4v) is 4.06. The quantitative estimate of drug-likeness (QED) is 0.676. The Morgan fingerprint density at radius 2 is 2.04 bits per heavy atom. The van der Waals surface area contributed by atoms with Crippen LogP contribution < -0.4 is 0 Å². The third-order valence-electron chi connectivity index (χ3n) is 5.76. The lowest BCUT2D eigenvalue weighted by Gasteiger charge is -2.32. The molecule has 1 atom stereocenters. The monoisotopic (exact) mass is 376 g/mol. The Bertz CT molecular complexity index is 958. The number of rotatable bonds is 5. The van der Waals surface area contributed by atoms with Gasteiger partial charge in [-0.25, -0.2) is 4.98 Å². The Morgan fingerprint density at radius 1 is 1.18 bits per heavy atom. The van der Waals surface area contributed by atoms with E-state index in [0.29, 0.717) is 18.0 Å². The van der Waals surface area contributed by atoms with Gasteiger partial charge in [0.25, 0.3) is 5.91 Å². The lowest BCUT2D eigenvalue weighted by molar-refractivity contribution is 0.0692. The molecule has 0 N–H and O–H groups in total. The topological polar surface area (TPSA) is 64.2 Å². The maximum absolute atomic E-state index is 13.0. The summed E-state index contributed by atoms with van der Waals surface area (Å²) in [6.45, 7) is 2.50. The molecule has 1 saturated carbocycles. The van der Waals surface area contributed by atoms with Crippen molar-refractivity contribution in [2.24, 2.45) is 5.92 Å². The summed E-state index contributed by atoms with van der Waals surface area (Å²) in [5.74, 6) is 2.77. The van der Waals surface area contributed by atoms with Crippen molar-refractivity contribution >= 4 is 5.91 Å².